The molecule has 0 saturated heterocycles. The van der Waals surface area contributed by atoms with Gasteiger partial charge in [0.05, 0.1) is 13.7 Å². The molecule has 0 aliphatic heterocycles. The number of methoxy groups -OCH3 is 1. The lowest BCUT2D eigenvalue weighted by molar-refractivity contribution is 0.408. The minimum Gasteiger partial charge on any atom is -0.496 e. The Morgan fingerprint density at radius 3 is 2.59 bits per heavy atom. The first kappa shape index (κ1) is 22.7. The number of halogens is 1. The lowest BCUT2D eigenvalue weighted by Crippen LogP contribution is -2.36. The highest BCUT2D eigenvalue weighted by molar-refractivity contribution is 14.0. The van der Waals surface area contributed by atoms with E-state index in [4.69, 9.17) is 4.74 Å². The topological polar surface area (TPSA) is 63.5 Å². The number of benzene rings is 2. The molecule has 6 nitrogen and oxygen atoms in total. The van der Waals surface area contributed by atoms with E-state index in [1.165, 1.54) is 16.7 Å². The highest BCUT2D eigenvalue weighted by Crippen LogP contribution is 2.19. The van der Waals surface area contributed by atoms with Gasteiger partial charge in [0.15, 0.2) is 5.96 Å². The summed E-state index contributed by atoms with van der Waals surface area (Å²) in [4.78, 5) is 4.31. The molecule has 0 bridgehead atoms. The molecular weight excluding hydrogens is 477 g/mol. The van der Waals surface area contributed by atoms with E-state index >= 15 is 0 Å². The third-order valence-corrected chi connectivity index (χ3v) is 4.47. The first-order valence-corrected chi connectivity index (χ1v) is 9.31. The zero-order valence-corrected chi connectivity index (χ0v) is 19.4. The third kappa shape index (κ3) is 6.77. The lowest BCUT2D eigenvalue weighted by Gasteiger charge is -2.14. The van der Waals surface area contributed by atoms with Crippen molar-refractivity contribution in [3.63, 3.8) is 0 Å². The van der Waals surface area contributed by atoms with E-state index in [-0.39, 0.29) is 24.0 Å². The number of aryl methyl sites for hydroxylation is 1. The molecule has 0 radical (unpaired) electrons. The number of aliphatic imine (C=N–C) groups is 1. The van der Waals surface area contributed by atoms with Crippen LogP contribution in [0.25, 0.3) is 0 Å². The number of ether oxygens (including phenoxy) is 1. The van der Waals surface area contributed by atoms with E-state index in [9.17, 15) is 0 Å². The number of nitrogens with zero attached hydrogens (tertiary/aromatic N) is 3. The molecule has 29 heavy (non-hydrogen) atoms. The Hall–Kier alpha value is -2.55. The van der Waals surface area contributed by atoms with Crippen LogP contribution in [0.1, 0.15) is 22.3 Å². The van der Waals surface area contributed by atoms with Crippen molar-refractivity contribution >= 4 is 29.9 Å². The maximum atomic E-state index is 5.47. The molecule has 1 heterocycles. The molecular formula is C22H28IN5O. The Morgan fingerprint density at radius 1 is 1.07 bits per heavy atom. The van der Waals surface area contributed by atoms with Crippen LogP contribution in [0.5, 0.6) is 5.75 Å². The maximum Gasteiger partial charge on any atom is 0.191 e. The summed E-state index contributed by atoms with van der Waals surface area (Å²) in [6.45, 7) is 4.15. The van der Waals surface area contributed by atoms with Gasteiger partial charge in [-0.2, -0.15) is 5.10 Å². The van der Waals surface area contributed by atoms with E-state index < -0.39 is 0 Å². The highest BCUT2D eigenvalue weighted by atomic mass is 127. The van der Waals surface area contributed by atoms with Crippen LogP contribution in [0.15, 0.2) is 65.9 Å². The van der Waals surface area contributed by atoms with Gasteiger partial charge < -0.3 is 15.4 Å². The SMILES string of the molecule is CN=C(NCc1cccc(Cn2cccn2)c1)NCc1ccc(C)cc1OC.I. The summed E-state index contributed by atoms with van der Waals surface area (Å²) >= 11 is 0. The summed E-state index contributed by atoms with van der Waals surface area (Å²) in [5.41, 5.74) is 4.69. The van der Waals surface area contributed by atoms with Crippen molar-refractivity contribution in [2.75, 3.05) is 14.2 Å². The number of rotatable bonds is 7. The summed E-state index contributed by atoms with van der Waals surface area (Å²) < 4.78 is 7.39. The van der Waals surface area contributed by atoms with E-state index in [2.05, 4.69) is 64.0 Å². The summed E-state index contributed by atoms with van der Waals surface area (Å²) in [5.74, 6) is 1.63. The Labute approximate surface area is 189 Å². The van der Waals surface area contributed by atoms with Crippen molar-refractivity contribution in [2.24, 2.45) is 4.99 Å². The van der Waals surface area contributed by atoms with E-state index in [1.807, 2.05) is 23.0 Å². The van der Waals surface area contributed by atoms with E-state index in [1.54, 1.807) is 20.4 Å². The molecule has 2 N–H and O–H groups in total. The molecule has 0 spiro atoms. The molecule has 0 atom stereocenters. The fraction of sp³-hybridized carbons (Fsp3) is 0.273. The normalized spacial score (nSPS) is 10.9. The largest absolute Gasteiger partial charge is 0.496 e. The van der Waals surface area contributed by atoms with Crippen LogP contribution in [0.2, 0.25) is 0 Å². The van der Waals surface area contributed by atoms with Gasteiger partial charge in [-0.05, 0) is 35.7 Å². The standard InChI is InChI=1S/C22H27N5O.HI/c1-17-8-9-20(21(12-17)28-3)15-25-22(23-2)24-14-18-6-4-7-19(13-18)16-27-11-5-10-26-27;/h4-13H,14-16H2,1-3H3,(H2,23,24,25);1H. The molecule has 0 aliphatic carbocycles. The second kappa shape index (κ2) is 11.5. The van der Waals surface area contributed by atoms with Crippen molar-refractivity contribution < 1.29 is 4.74 Å². The van der Waals surface area contributed by atoms with Crippen LogP contribution in [-0.4, -0.2) is 29.9 Å². The van der Waals surface area contributed by atoms with Crippen molar-refractivity contribution in [2.45, 2.75) is 26.6 Å². The predicted octanol–water partition coefficient (Wildman–Crippen LogP) is 3.73. The van der Waals surface area contributed by atoms with E-state index in [0.29, 0.717) is 13.1 Å². The minimum absolute atomic E-state index is 0. The second-order valence-electron chi connectivity index (χ2n) is 6.62. The van der Waals surface area contributed by atoms with Crippen molar-refractivity contribution in [3.8, 4) is 5.75 Å². The summed E-state index contributed by atoms with van der Waals surface area (Å²) in [6.07, 6.45) is 3.76. The average molecular weight is 505 g/mol. The Kier molecular flexibility index (Phi) is 8.98. The molecule has 0 saturated carbocycles. The number of aromatic nitrogens is 2. The van der Waals surface area contributed by atoms with Gasteiger partial charge in [-0.3, -0.25) is 9.67 Å². The zero-order valence-electron chi connectivity index (χ0n) is 17.1. The first-order chi connectivity index (χ1) is 13.7. The van der Waals surface area contributed by atoms with Gasteiger partial charge >= 0.3 is 0 Å². The molecule has 0 aliphatic rings. The van der Waals surface area contributed by atoms with Crippen molar-refractivity contribution in [1.82, 2.24) is 20.4 Å². The number of nitrogens with one attached hydrogen (secondary N) is 2. The minimum atomic E-state index is 0. The second-order valence-corrected chi connectivity index (χ2v) is 6.62. The Balaban J connectivity index is 0.00000300. The molecule has 154 valence electrons. The molecule has 0 unspecified atom stereocenters. The van der Waals surface area contributed by atoms with Crippen LogP contribution < -0.4 is 15.4 Å². The zero-order chi connectivity index (χ0) is 19.8. The number of hydrogen-bond acceptors (Lipinski definition) is 3. The number of guanidine groups is 1. The monoisotopic (exact) mass is 505 g/mol. The Morgan fingerprint density at radius 2 is 1.86 bits per heavy atom. The van der Waals surface area contributed by atoms with Crippen LogP contribution in [0, 0.1) is 6.92 Å². The van der Waals surface area contributed by atoms with Gasteiger partial charge in [-0.25, -0.2) is 0 Å². The lowest BCUT2D eigenvalue weighted by atomic mass is 10.1. The van der Waals surface area contributed by atoms with Crippen LogP contribution in [0.3, 0.4) is 0 Å². The number of hydrogen-bond donors (Lipinski definition) is 2. The fourth-order valence-electron chi connectivity index (χ4n) is 3.00. The molecule has 7 heteroatoms. The van der Waals surface area contributed by atoms with Crippen LogP contribution >= 0.6 is 24.0 Å². The fourth-order valence-corrected chi connectivity index (χ4v) is 3.00. The highest BCUT2D eigenvalue weighted by Gasteiger charge is 2.05. The van der Waals surface area contributed by atoms with Gasteiger partial charge in [-0.15, -0.1) is 24.0 Å². The van der Waals surface area contributed by atoms with Gasteiger partial charge in [-0.1, -0.05) is 36.4 Å². The molecule has 3 aromatic rings. The summed E-state index contributed by atoms with van der Waals surface area (Å²) in [5, 5.41) is 11.0. The molecule has 2 aromatic carbocycles. The van der Waals surface area contributed by atoms with Crippen LogP contribution in [0.4, 0.5) is 0 Å². The van der Waals surface area contributed by atoms with Crippen LogP contribution in [-0.2, 0) is 19.6 Å². The first-order valence-electron chi connectivity index (χ1n) is 9.31. The van der Waals surface area contributed by atoms with Gasteiger partial charge in [0.2, 0.25) is 0 Å². The predicted molar refractivity (Wildman–Crippen MR) is 128 cm³/mol. The quantitative estimate of drug-likeness (QED) is 0.292. The average Bonchev–Trinajstić information content (AvgIpc) is 3.22. The summed E-state index contributed by atoms with van der Waals surface area (Å²) in [6, 6.07) is 16.6. The molecule has 3 rings (SSSR count). The maximum absolute atomic E-state index is 5.47. The smallest absolute Gasteiger partial charge is 0.191 e. The summed E-state index contributed by atoms with van der Waals surface area (Å²) in [7, 11) is 3.47. The van der Waals surface area contributed by atoms with Gasteiger partial charge in [0.1, 0.15) is 5.75 Å². The molecule has 0 fully saturated rings. The molecule has 1 aromatic heterocycles. The van der Waals surface area contributed by atoms with Crippen molar-refractivity contribution in [1.29, 1.82) is 0 Å². The molecule has 0 amide bonds. The van der Waals surface area contributed by atoms with Gasteiger partial charge in [0, 0.05) is 38.1 Å². The van der Waals surface area contributed by atoms with Crippen molar-refractivity contribution in [3.05, 3.63) is 83.2 Å². The van der Waals surface area contributed by atoms with E-state index in [0.717, 1.165) is 23.8 Å². The third-order valence-electron chi connectivity index (χ3n) is 4.47. The Bertz CT molecular complexity index is 925. The van der Waals surface area contributed by atoms with Gasteiger partial charge in [0.25, 0.3) is 0 Å².